The van der Waals surface area contributed by atoms with E-state index < -0.39 is 9.84 Å². The molecule has 0 N–H and O–H groups in total. The maximum Gasteiger partial charge on any atom is 0.229 e. The van der Waals surface area contributed by atoms with Gasteiger partial charge in [0.05, 0.1) is 33.7 Å². The summed E-state index contributed by atoms with van der Waals surface area (Å²) in [5.41, 5.74) is 3.03. The monoisotopic (exact) mass is 482 g/mol. The molecule has 2 aromatic carbocycles. The molecule has 172 valence electrons. The molecule has 1 amide bonds. The molecule has 0 atom stereocenters. The van der Waals surface area contributed by atoms with Crippen LogP contribution in [0.3, 0.4) is 0 Å². The van der Waals surface area contributed by atoms with E-state index in [4.69, 9.17) is 9.40 Å². The van der Waals surface area contributed by atoms with Gasteiger partial charge in [-0.25, -0.2) is 13.4 Å². The molecule has 0 bridgehead atoms. The lowest BCUT2D eigenvalue weighted by Crippen LogP contribution is -2.30. The Morgan fingerprint density at radius 1 is 1.09 bits per heavy atom. The fourth-order valence-corrected chi connectivity index (χ4v) is 5.97. The molecule has 0 spiro atoms. The van der Waals surface area contributed by atoms with Crippen molar-refractivity contribution >= 4 is 42.4 Å². The van der Waals surface area contributed by atoms with Crippen LogP contribution in [0.1, 0.15) is 36.7 Å². The summed E-state index contributed by atoms with van der Waals surface area (Å²) < 4.78 is 31.8. The van der Waals surface area contributed by atoms with Crippen LogP contribution >= 0.6 is 11.3 Å². The minimum absolute atomic E-state index is 0.0871. The first-order valence-corrected chi connectivity index (χ1v) is 13.3. The third-order valence-electron chi connectivity index (χ3n) is 5.48. The highest BCUT2D eigenvalue weighted by atomic mass is 32.2. The number of sulfone groups is 1. The van der Waals surface area contributed by atoms with Crippen LogP contribution in [0.5, 0.6) is 0 Å². The van der Waals surface area contributed by atoms with E-state index in [1.54, 1.807) is 41.5 Å². The minimum atomic E-state index is -3.44. The number of thiazole rings is 1. The molecule has 8 heteroatoms. The Labute approximate surface area is 197 Å². The van der Waals surface area contributed by atoms with E-state index in [-0.39, 0.29) is 35.9 Å². The zero-order chi connectivity index (χ0) is 23.4. The van der Waals surface area contributed by atoms with Gasteiger partial charge in [-0.05, 0) is 55.7 Å². The molecule has 33 heavy (non-hydrogen) atoms. The Bertz CT molecular complexity index is 1340. The Balaban J connectivity index is 1.52. The van der Waals surface area contributed by atoms with E-state index in [0.29, 0.717) is 10.9 Å². The second kappa shape index (κ2) is 9.89. The molecule has 2 aromatic heterocycles. The predicted octanol–water partition coefficient (Wildman–Crippen LogP) is 5.55. The van der Waals surface area contributed by atoms with Crippen molar-refractivity contribution in [2.75, 3.05) is 10.7 Å². The first-order valence-electron chi connectivity index (χ1n) is 10.9. The summed E-state index contributed by atoms with van der Waals surface area (Å²) in [5, 5.41) is 0.591. The van der Waals surface area contributed by atoms with E-state index in [0.717, 1.165) is 27.8 Å². The number of furan rings is 1. The number of nitrogens with zero attached hydrogens (tertiary/aromatic N) is 2. The first kappa shape index (κ1) is 23.2. The third kappa shape index (κ3) is 5.34. The molecule has 0 aliphatic rings. The van der Waals surface area contributed by atoms with Crippen LogP contribution in [-0.2, 0) is 27.6 Å². The summed E-state index contributed by atoms with van der Waals surface area (Å²) in [6.07, 6.45) is 2.75. The normalized spacial score (nSPS) is 11.7. The molecule has 4 aromatic rings. The quantitative estimate of drug-likeness (QED) is 0.313. The molecule has 0 aliphatic heterocycles. The van der Waals surface area contributed by atoms with Gasteiger partial charge in [-0.2, -0.15) is 0 Å². The number of hydrogen-bond acceptors (Lipinski definition) is 6. The molecule has 0 aliphatic carbocycles. The topological polar surface area (TPSA) is 80.5 Å². The van der Waals surface area contributed by atoms with Crippen LogP contribution in [0, 0.1) is 6.92 Å². The second-order valence-corrected chi connectivity index (χ2v) is 11.0. The highest BCUT2D eigenvalue weighted by molar-refractivity contribution is 7.91. The van der Waals surface area contributed by atoms with Crippen molar-refractivity contribution in [1.29, 1.82) is 0 Å². The average molecular weight is 483 g/mol. The Kier molecular flexibility index (Phi) is 6.95. The van der Waals surface area contributed by atoms with Crippen LogP contribution < -0.4 is 4.90 Å². The number of carbonyl (C=O) groups is 1. The number of benzene rings is 2. The number of para-hydroxylation sites is 1. The lowest BCUT2D eigenvalue weighted by molar-refractivity contribution is -0.118. The molecule has 0 saturated heterocycles. The van der Waals surface area contributed by atoms with Crippen molar-refractivity contribution < 1.29 is 17.6 Å². The van der Waals surface area contributed by atoms with Gasteiger partial charge in [-0.1, -0.05) is 48.1 Å². The molecular weight excluding hydrogens is 456 g/mol. The lowest BCUT2D eigenvalue weighted by atomic mass is 10.1. The van der Waals surface area contributed by atoms with Crippen LogP contribution in [0.15, 0.2) is 70.2 Å². The van der Waals surface area contributed by atoms with Crippen LogP contribution in [-0.4, -0.2) is 25.1 Å². The molecule has 0 unspecified atom stereocenters. The minimum Gasteiger partial charge on any atom is -0.467 e. The highest BCUT2D eigenvalue weighted by Gasteiger charge is 2.23. The van der Waals surface area contributed by atoms with Gasteiger partial charge in [0, 0.05) is 6.42 Å². The fourth-order valence-electron chi connectivity index (χ4n) is 3.63. The van der Waals surface area contributed by atoms with Crippen molar-refractivity contribution in [3.63, 3.8) is 0 Å². The molecule has 0 radical (unpaired) electrons. The molecule has 0 saturated carbocycles. The fraction of sp³-hybridized carbons (Fsp3) is 0.280. The van der Waals surface area contributed by atoms with E-state index in [1.807, 2.05) is 31.2 Å². The van der Waals surface area contributed by atoms with Crippen molar-refractivity contribution in [2.24, 2.45) is 0 Å². The van der Waals surface area contributed by atoms with Crippen LogP contribution in [0.25, 0.3) is 10.2 Å². The number of hydrogen-bond donors (Lipinski definition) is 0. The Hall–Kier alpha value is -2.97. The second-order valence-electron chi connectivity index (χ2n) is 7.91. The summed E-state index contributed by atoms with van der Waals surface area (Å²) in [6, 6.07) is 16.4. The smallest absolute Gasteiger partial charge is 0.229 e. The summed E-state index contributed by atoms with van der Waals surface area (Å²) in [7, 11) is -3.44. The predicted molar refractivity (Wildman–Crippen MR) is 131 cm³/mol. The number of anilines is 1. The van der Waals surface area contributed by atoms with Gasteiger partial charge in [0.2, 0.25) is 5.91 Å². The van der Waals surface area contributed by atoms with E-state index >= 15 is 0 Å². The average Bonchev–Trinajstić information content (AvgIpc) is 3.47. The molecular formula is C25H26N2O4S2. The summed E-state index contributed by atoms with van der Waals surface area (Å²) in [5.74, 6) is 0.379. The SMILES string of the molecule is CCc1cccc2sc(N(Cc3ccco3)C(=O)CCCS(=O)(=O)c3ccc(C)cc3)nc12. The van der Waals surface area contributed by atoms with Gasteiger partial charge >= 0.3 is 0 Å². The van der Waals surface area contributed by atoms with Crippen molar-refractivity contribution in [3.05, 3.63) is 77.7 Å². The van der Waals surface area contributed by atoms with Gasteiger partial charge in [0.15, 0.2) is 15.0 Å². The van der Waals surface area contributed by atoms with Crippen LogP contribution in [0.4, 0.5) is 5.13 Å². The molecule has 6 nitrogen and oxygen atoms in total. The van der Waals surface area contributed by atoms with Gasteiger partial charge in [0.25, 0.3) is 0 Å². The van der Waals surface area contributed by atoms with Crippen molar-refractivity contribution in [2.45, 2.75) is 44.6 Å². The third-order valence-corrected chi connectivity index (χ3v) is 8.34. The molecule has 4 rings (SSSR count). The zero-order valence-corrected chi connectivity index (χ0v) is 20.3. The number of amides is 1. The van der Waals surface area contributed by atoms with Crippen molar-refractivity contribution in [1.82, 2.24) is 4.98 Å². The number of aromatic nitrogens is 1. The van der Waals surface area contributed by atoms with Gasteiger partial charge in [-0.3, -0.25) is 9.69 Å². The first-order chi connectivity index (χ1) is 15.9. The van der Waals surface area contributed by atoms with E-state index in [1.165, 1.54) is 11.3 Å². The summed E-state index contributed by atoms with van der Waals surface area (Å²) in [6.45, 7) is 4.24. The highest BCUT2D eigenvalue weighted by Crippen LogP contribution is 2.32. The number of carbonyl (C=O) groups excluding carboxylic acids is 1. The lowest BCUT2D eigenvalue weighted by Gasteiger charge is -2.18. The standard InChI is InChI=1S/C25H26N2O4S2/c1-3-19-7-4-9-22-24(19)26-25(32-22)27(17-20-8-5-15-31-20)23(28)10-6-16-33(29,30)21-13-11-18(2)12-14-21/h4-5,7-9,11-15H,3,6,10,16-17H2,1-2H3. The Morgan fingerprint density at radius 3 is 2.58 bits per heavy atom. The largest absolute Gasteiger partial charge is 0.467 e. The molecule has 2 heterocycles. The summed E-state index contributed by atoms with van der Waals surface area (Å²) >= 11 is 1.46. The Morgan fingerprint density at radius 2 is 1.88 bits per heavy atom. The maximum atomic E-state index is 13.2. The zero-order valence-electron chi connectivity index (χ0n) is 18.7. The number of fused-ring (bicyclic) bond motifs is 1. The van der Waals surface area contributed by atoms with Gasteiger partial charge in [-0.15, -0.1) is 0 Å². The summed E-state index contributed by atoms with van der Waals surface area (Å²) in [4.78, 5) is 19.9. The van der Waals surface area contributed by atoms with E-state index in [9.17, 15) is 13.2 Å². The van der Waals surface area contributed by atoms with Crippen LogP contribution in [0.2, 0.25) is 0 Å². The van der Waals surface area contributed by atoms with Gasteiger partial charge in [0.1, 0.15) is 5.76 Å². The van der Waals surface area contributed by atoms with Crippen molar-refractivity contribution in [3.8, 4) is 0 Å². The molecule has 0 fully saturated rings. The van der Waals surface area contributed by atoms with Gasteiger partial charge < -0.3 is 4.42 Å². The van der Waals surface area contributed by atoms with E-state index in [2.05, 4.69) is 6.92 Å². The maximum absolute atomic E-state index is 13.2. The number of aryl methyl sites for hydroxylation is 2. The number of rotatable bonds is 9.